The van der Waals surface area contributed by atoms with E-state index < -0.39 is 10.0 Å². The second-order valence-corrected chi connectivity index (χ2v) is 8.26. The van der Waals surface area contributed by atoms with E-state index in [1.54, 1.807) is 43.5 Å². The fourth-order valence-corrected chi connectivity index (χ4v) is 5.08. The highest BCUT2D eigenvalue weighted by Crippen LogP contribution is 2.28. The number of ether oxygens (including phenoxy) is 1. The topological polar surface area (TPSA) is 73.2 Å². The van der Waals surface area contributed by atoms with Crippen molar-refractivity contribution in [2.24, 2.45) is 0 Å². The Morgan fingerprint density at radius 1 is 1.23 bits per heavy atom. The monoisotopic (exact) mass is 371 g/mol. The molecule has 3 heterocycles. The van der Waals surface area contributed by atoms with E-state index in [2.05, 4.69) is 10.3 Å². The smallest absolute Gasteiger partial charge is 0.268 e. The van der Waals surface area contributed by atoms with E-state index >= 15 is 0 Å². The zero-order chi connectivity index (χ0) is 18.1. The average molecular weight is 371 g/mol. The summed E-state index contributed by atoms with van der Waals surface area (Å²) in [6.07, 6.45) is 2.80. The highest BCUT2D eigenvalue weighted by molar-refractivity contribution is 7.90. The van der Waals surface area contributed by atoms with Crippen molar-refractivity contribution in [3.05, 3.63) is 54.2 Å². The fraction of sp³-hybridized carbons (Fsp3) is 0.316. The molecule has 1 fully saturated rings. The summed E-state index contributed by atoms with van der Waals surface area (Å²) in [6.45, 7) is 0.975. The van der Waals surface area contributed by atoms with Crippen LogP contribution in [0.5, 0.6) is 5.88 Å². The van der Waals surface area contributed by atoms with Gasteiger partial charge < -0.3 is 10.1 Å². The maximum atomic E-state index is 13.3. The largest absolute Gasteiger partial charge is 0.481 e. The van der Waals surface area contributed by atoms with E-state index in [0.717, 1.165) is 25.1 Å². The predicted octanol–water partition coefficient (Wildman–Crippen LogP) is 2.58. The van der Waals surface area contributed by atoms with Crippen molar-refractivity contribution in [2.75, 3.05) is 13.7 Å². The standard InChI is InChI=1S/C19H21N3O3S/c1-25-19-10-9-18-17(21-19)13-15(12-14-6-5-11-20-14)22(18)26(23,24)16-7-3-2-4-8-16/h2-4,7-10,13-14,20H,5-6,11-12H2,1H3. The highest BCUT2D eigenvalue weighted by Gasteiger charge is 2.26. The zero-order valence-electron chi connectivity index (χ0n) is 14.6. The van der Waals surface area contributed by atoms with Gasteiger partial charge in [0.2, 0.25) is 5.88 Å². The van der Waals surface area contributed by atoms with Crippen LogP contribution in [0.25, 0.3) is 11.0 Å². The van der Waals surface area contributed by atoms with Crippen LogP contribution < -0.4 is 10.1 Å². The number of rotatable bonds is 5. The summed E-state index contributed by atoms with van der Waals surface area (Å²) in [6, 6.07) is 14.1. The van der Waals surface area contributed by atoms with E-state index in [-0.39, 0.29) is 10.9 Å². The number of benzene rings is 1. The van der Waals surface area contributed by atoms with Crippen LogP contribution in [-0.2, 0) is 16.4 Å². The van der Waals surface area contributed by atoms with Crippen molar-refractivity contribution in [3.63, 3.8) is 0 Å². The third-order valence-electron chi connectivity index (χ3n) is 4.77. The Hall–Kier alpha value is -2.38. The van der Waals surface area contributed by atoms with Crippen LogP contribution in [0, 0.1) is 0 Å². The van der Waals surface area contributed by atoms with Gasteiger partial charge >= 0.3 is 0 Å². The van der Waals surface area contributed by atoms with Crippen molar-refractivity contribution < 1.29 is 13.2 Å². The summed E-state index contributed by atoms with van der Waals surface area (Å²) in [7, 11) is -2.16. The van der Waals surface area contributed by atoms with Crippen LogP contribution in [0.1, 0.15) is 18.5 Å². The van der Waals surface area contributed by atoms with Gasteiger partial charge in [0.25, 0.3) is 10.0 Å². The van der Waals surface area contributed by atoms with Crippen molar-refractivity contribution in [1.82, 2.24) is 14.3 Å². The molecule has 136 valence electrons. The molecule has 6 nitrogen and oxygen atoms in total. The third-order valence-corrected chi connectivity index (χ3v) is 6.55. The first-order valence-electron chi connectivity index (χ1n) is 8.69. The van der Waals surface area contributed by atoms with Crippen LogP contribution in [0.3, 0.4) is 0 Å². The minimum absolute atomic E-state index is 0.272. The minimum atomic E-state index is -3.71. The van der Waals surface area contributed by atoms with Gasteiger partial charge in [-0.2, -0.15) is 0 Å². The van der Waals surface area contributed by atoms with Gasteiger partial charge in [-0.1, -0.05) is 18.2 Å². The lowest BCUT2D eigenvalue weighted by Gasteiger charge is -2.15. The van der Waals surface area contributed by atoms with E-state index in [4.69, 9.17) is 4.74 Å². The maximum Gasteiger partial charge on any atom is 0.268 e. The summed E-state index contributed by atoms with van der Waals surface area (Å²) in [5, 5.41) is 3.44. The Labute approximate surface area is 152 Å². The summed E-state index contributed by atoms with van der Waals surface area (Å²) in [5.74, 6) is 0.470. The number of nitrogens with one attached hydrogen (secondary N) is 1. The van der Waals surface area contributed by atoms with Crippen molar-refractivity contribution in [3.8, 4) is 5.88 Å². The number of hydrogen-bond donors (Lipinski definition) is 1. The molecule has 0 amide bonds. The first-order valence-corrected chi connectivity index (χ1v) is 10.1. The van der Waals surface area contributed by atoms with Gasteiger partial charge in [0.15, 0.2) is 0 Å². The number of aromatic nitrogens is 2. The van der Waals surface area contributed by atoms with Crippen LogP contribution in [-0.4, -0.2) is 37.1 Å². The quantitative estimate of drug-likeness (QED) is 0.746. The molecule has 1 unspecified atom stereocenters. The molecule has 1 aromatic carbocycles. The zero-order valence-corrected chi connectivity index (χ0v) is 15.4. The van der Waals surface area contributed by atoms with Gasteiger partial charge in [-0.3, -0.25) is 0 Å². The Bertz CT molecular complexity index is 1020. The van der Waals surface area contributed by atoms with Gasteiger partial charge in [0, 0.05) is 24.2 Å². The molecule has 1 N–H and O–H groups in total. The van der Waals surface area contributed by atoms with E-state index in [1.165, 1.54) is 3.97 Å². The average Bonchev–Trinajstić information content (AvgIpc) is 3.29. The minimum Gasteiger partial charge on any atom is -0.481 e. The molecule has 0 aliphatic carbocycles. The summed E-state index contributed by atoms with van der Waals surface area (Å²) in [4.78, 5) is 4.70. The molecule has 0 bridgehead atoms. The second-order valence-electron chi connectivity index (χ2n) is 6.47. The molecule has 3 aromatic rings. The van der Waals surface area contributed by atoms with Gasteiger partial charge in [-0.05, 0) is 43.7 Å². The SMILES string of the molecule is COc1ccc2c(cc(CC3CCCN3)n2S(=O)(=O)c2ccccc2)n1. The molecule has 26 heavy (non-hydrogen) atoms. The normalized spacial score (nSPS) is 17.7. The molecule has 7 heteroatoms. The highest BCUT2D eigenvalue weighted by atomic mass is 32.2. The summed E-state index contributed by atoms with van der Waals surface area (Å²) in [5.41, 5.74) is 1.93. The summed E-state index contributed by atoms with van der Waals surface area (Å²) < 4.78 is 33.3. The first-order chi connectivity index (χ1) is 12.6. The van der Waals surface area contributed by atoms with Crippen molar-refractivity contribution >= 4 is 21.1 Å². The van der Waals surface area contributed by atoms with E-state index in [0.29, 0.717) is 23.3 Å². The second kappa shape index (κ2) is 6.74. The molecule has 2 aromatic heterocycles. The number of pyridine rings is 1. The molecule has 1 aliphatic heterocycles. The van der Waals surface area contributed by atoms with Crippen LogP contribution in [0.4, 0.5) is 0 Å². The Kier molecular flexibility index (Phi) is 4.42. The lowest BCUT2D eigenvalue weighted by Crippen LogP contribution is -2.26. The van der Waals surface area contributed by atoms with Crippen LogP contribution in [0.2, 0.25) is 0 Å². The molecule has 0 spiro atoms. The molecule has 1 atom stereocenters. The van der Waals surface area contributed by atoms with Crippen molar-refractivity contribution in [2.45, 2.75) is 30.2 Å². The Morgan fingerprint density at radius 3 is 2.73 bits per heavy atom. The molecule has 0 radical (unpaired) electrons. The van der Waals surface area contributed by atoms with Gasteiger partial charge in [-0.25, -0.2) is 17.4 Å². The van der Waals surface area contributed by atoms with E-state index in [9.17, 15) is 8.42 Å². The molecular weight excluding hydrogens is 350 g/mol. The maximum absolute atomic E-state index is 13.3. The van der Waals surface area contributed by atoms with Crippen molar-refractivity contribution in [1.29, 1.82) is 0 Å². The fourth-order valence-electron chi connectivity index (χ4n) is 3.52. The number of nitrogens with zero attached hydrogens (tertiary/aromatic N) is 2. The Morgan fingerprint density at radius 2 is 2.04 bits per heavy atom. The lowest BCUT2D eigenvalue weighted by atomic mass is 10.1. The van der Waals surface area contributed by atoms with Crippen LogP contribution in [0.15, 0.2) is 53.4 Å². The van der Waals surface area contributed by atoms with Gasteiger partial charge in [0.05, 0.1) is 23.0 Å². The van der Waals surface area contributed by atoms with E-state index in [1.807, 2.05) is 12.1 Å². The number of hydrogen-bond acceptors (Lipinski definition) is 5. The summed E-state index contributed by atoms with van der Waals surface area (Å²) >= 11 is 0. The molecular formula is C19H21N3O3S. The van der Waals surface area contributed by atoms with Gasteiger partial charge in [-0.15, -0.1) is 0 Å². The number of methoxy groups -OCH3 is 1. The predicted molar refractivity (Wildman–Crippen MR) is 100 cm³/mol. The Balaban J connectivity index is 1.90. The number of fused-ring (bicyclic) bond motifs is 1. The molecule has 0 saturated carbocycles. The molecule has 1 aliphatic rings. The van der Waals surface area contributed by atoms with Gasteiger partial charge in [0.1, 0.15) is 0 Å². The molecule has 4 rings (SSSR count). The lowest BCUT2D eigenvalue weighted by molar-refractivity contribution is 0.399. The first kappa shape index (κ1) is 17.1. The third kappa shape index (κ3) is 2.97. The van der Waals surface area contributed by atoms with Crippen LogP contribution >= 0.6 is 0 Å². The molecule has 1 saturated heterocycles.